The summed E-state index contributed by atoms with van der Waals surface area (Å²) in [7, 11) is 0. The van der Waals surface area contributed by atoms with Crippen LogP contribution in [0.4, 0.5) is 10.5 Å². The number of carbonyl (C=O) groups is 1. The van der Waals surface area contributed by atoms with Gasteiger partial charge in [0.25, 0.3) is 0 Å². The Morgan fingerprint density at radius 3 is 2.58 bits per heavy atom. The molecule has 0 radical (unpaired) electrons. The summed E-state index contributed by atoms with van der Waals surface area (Å²) < 4.78 is 11.4. The number of amides is 1. The van der Waals surface area contributed by atoms with Gasteiger partial charge in [-0.3, -0.25) is 5.32 Å². The van der Waals surface area contributed by atoms with Crippen molar-refractivity contribution >= 4 is 11.8 Å². The summed E-state index contributed by atoms with van der Waals surface area (Å²) in [6.45, 7) is 10.1. The monoisotopic (exact) mass is 361 g/mol. The number of benzene rings is 1. The fourth-order valence-electron chi connectivity index (χ4n) is 4.73. The van der Waals surface area contributed by atoms with Gasteiger partial charge in [0.2, 0.25) is 0 Å². The molecule has 26 heavy (non-hydrogen) atoms. The molecule has 2 aliphatic carbocycles. The lowest BCUT2D eigenvalue weighted by molar-refractivity contribution is -0.657. The predicted molar refractivity (Wildman–Crippen MR) is 102 cm³/mol. The molecule has 0 unspecified atom stereocenters. The first kappa shape index (κ1) is 19.2. The Morgan fingerprint density at radius 1 is 1.19 bits per heavy atom. The average molecular weight is 362 g/mol. The SMILES string of the molecule is CC1(C)[C@H]2CC[C@]1(C)[C@H](OCC[NH2+]CCOC(=O)Nc1ccccc1)C2. The highest BCUT2D eigenvalue weighted by molar-refractivity contribution is 5.84. The van der Waals surface area contributed by atoms with Crippen molar-refractivity contribution in [2.75, 3.05) is 31.6 Å². The van der Waals surface area contributed by atoms with E-state index in [9.17, 15) is 4.79 Å². The van der Waals surface area contributed by atoms with Crippen LogP contribution >= 0.6 is 0 Å². The van der Waals surface area contributed by atoms with E-state index in [1.807, 2.05) is 30.3 Å². The van der Waals surface area contributed by atoms with Crippen LogP contribution in [0.15, 0.2) is 30.3 Å². The zero-order chi connectivity index (χ0) is 18.6. The maximum absolute atomic E-state index is 11.7. The number of nitrogens with one attached hydrogen (secondary N) is 1. The quantitative estimate of drug-likeness (QED) is 0.700. The van der Waals surface area contributed by atoms with E-state index >= 15 is 0 Å². The van der Waals surface area contributed by atoms with Crippen LogP contribution in [-0.2, 0) is 9.47 Å². The number of rotatable bonds is 8. The molecule has 2 fully saturated rings. The van der Waals surface area contributed by atoms with Crippen LogP contribution in [0.2, 0.25) is 0 Å². The molecule has 0 saturated heterocycles. The Kier molecular flexibility index (Phi) is 5.88. The topological polar surface area (TPSA) is 64.2 Å². The van der Waals surface area contributed by atoms with E-state index in [4.69, 9.17) is 9.47 Å². The molecular formula is C21H33N2O3+. The molecule has 5 nitrogen and oxygen atoms in total. The molecule has 2 aliphatic rings. The van der Waals surface area contributed by atoms with Gasteiger partial charge in [-0.15, -0.1) is 0 Å². The number of quaternary nitrogens is 1. The number of fused-ring (bicyclic) bond motifs is 2. The van der Waals surface area contributed by atoms with Crippen molar-refractivity contribution in [1.82, 2.24) is 0 Å². The second-order valence-electron chi connectivity index (χ2n) is 8.46. The van der Waals surface area contributed by atoms with Crippen LogP contribution in [0.25, 0.3) is 0 Å². The Hall–Kier alpha value is -1.59. The van der Waals surface area contributed by atoms with Crippen LogP contribution in [-0.4, -0.2) is 38.5 Å². The van der Waals surface area contributed by atoms with Crippen molar-refractivity contribution in [1.29, 1.82) is 0 Å². The minimum Gasteiger partial charge on any atom is -0.443 e. The summed E-state index contributed by atoms with van der Waals surface area (Å²) in [6, 6.07) is 9.33. The summed E-state index contributed by atoms with van der Waals surface area (Å²) >= 11 is 0. The Bertz CT molecular complexity index is 605. The second-order valence-corrected chi connectivity index (χ2v) is 8.46. The third-order valence-electron chi connectivity index (χ3n) is 6.93. The van der Waals surface area contributed by atoms with Crippen molar-refractivity contribution < 1.29 is 19.6 Å². The highest BCUT2D eigenvalue weighted by atomic mass is 16.5. The molecule has 2 saturated carbocycles. The van der Waals surface area contributed by atoms with Gasteiger partial charge in [0.15, 0.2) is 0 Å². The fourth-order valence-corrected chi connectivity index (χ4v) is 4.73. The molecular weight excluding hydrogens is 328 g/mol. The summed E-state index contributed by atoms with van der Waals surface area (Å²) in [4.78, 5) is 11.7. The number of para-hydroxylation sites is 1. The van der Waals surface area contributed by atoms with Crippen molar-refractivity contribution in [3.63, 3.8) is 0 Å². The van der Waals surface area contributed by atoms with E-state index < -0.39 is 6.09 Å². The molecule has 0 aromatic heterocycles. The van der Waals surface area contributed by atoms with Gasteiger partial charge in [-0.1, -0.05) is 39.0 Å². The molecule has 1 amide bonds. The van der Waals surface area contributed by atoms with Crippen molar-refractivity contribution in [3.8, 4) is 0 Å². The van der Waals surface area contributed by atoms with E-state index in [0.717, 1.165) is 31.3 Å². The van der Waals surface area contributed by atoms with Gasteiger partial charge in [-0.25, -0.2) is 4.79 Å². The number of hydrogen-bond donors (Lipinski definition) is 2. The standard InChI is InChI=1S/C21H32N2O3/c1-20(2)16-9-10-21(20,3)18(15-16)25-13-11-22-12-14-26-19(24)23-17-7-5-4-6-8-17/h4-8,16,18,22H,9-15H2,1-3H3,(H,23,24)/p+1/t16-,18+,21+/m0/s1. The molecule has 3 N–H and O–H groups in total. The van der Waals surface area contributed by atoms with Crippen LogP contribution in [0.3, 0.4) is 0 Å². The molecule has 3 rings (SSSR count). The molecule has 1 aromatic carbocycles. The van der Waals surface area contributed by atoms with E-state index in [0.29, 0.717) is 23.5 Å². The summed E-state index contributed by atoms with van der Waals surface area (Å²) in [6.07, 6.45) is 3.86. The first-order chi connectivity index (χ1) is 12.4. The van der Waals surface area contributed by atoms with E-state index in [1.54, 1.807) is 0 Å². The lowest BCUT2D eigenvalue weighted by Gasteiger charge is -2.38. The molecule has 2 bridgehead atoms. The highest BCUT2D eigenvalue weighted by Gasteiger charge is 2.61. The van der Waals surface area contributed by atoms with Crippen LogP contribution < -0.4 is 10.6 Å². The normalized spacial score (nSPS) is 28.9. The van der Waals surface area contributed by atoms with Crippen molar-refractivity contribution in [2.24, 2.45) is 16.7 Å². The molecule has 0 spiro atoms. The molecule has 3 atom stereocenters. The molecule has 0 aliphatic heterocycles. The zero-order valence-electron chi connectivity index (χ0n) is 16.3. The third kappa shape index (κ3) is 3.89. The third-order valence-corrected chi connectivity index (χ3v) is 6.93. The Morgan fingerprint density at radius 2 is 1.92 bits per heavy atom. The van der Waals surface area contributed by atoms with Crippen molar-refractivity contribution in [2.45, 2.75) is 46.1 Å². The highest BCUT2D eigenvalue weighted by Crippen LogP contribution is 2.66. The van der Waals surface area contributed by atoms with Gasteiger partial charge in [0.05, 0.1) is 19.3 Å². The van der Waals surface area contributed by atoms with Gasteiger partial charge in [-0.05, 0) is 48.1 Å². The van der Waals surface area contributed by atoms with Crippen molar-refractivity contribution in [3.05, 3.63) is 30.3 Å². The van der Waals surface area contributed by atoms with Crippen LogP contribution in [0, 0.1) is 16.7 Å². The molecule has 0 heterocycles. The lowest BCUT2D eigenvalue weighted by Crippen LogP contribution is -2.86. The first-order valence-electron chi connectivity index (χ1n) is 9.85. The number of anilines is 1. The smallest absolute Gasteiger partial charge is 0.411 e. The van der Waals surface area contributed by atoms with Gasteiger partial charge in [0, 0.05) is 5.69 Å². The fraction of sp³-hybridized carbons (Fsp3) is 0.667. The molecule has 5 heteroatoms. The van der Waals surface area contributed by atoms with Gasteiger partial charge in [-0.2, -0.15) is 0 Å². The average Bonchev–Trinajstić information content (AvgIpc) is 2.95. The van der Waals surface area contributed by atoms with Crippen LogP contribution in [0.5, 0.6) is 0 Å². The van der Waals surface area contributed by atoms with E-state index in [1.165, 1.54) is 19.3 Å². The molecule has 1 aromatic rings. The number of hydrogen-bond acceptors (Lipinski definition) is 3. The summed E-state index contributed by atoms with van der Waals surface area (Å²) in [5.74, 6) is 0.818. The summed E-state index contributed by atoms with van der Waals surface area (Å²) in [5.41, 5.74) is 1.48. The Balaban J connectivity index is 1.25. The Labute approximate surface area is 156 Å². The van der Waals surface area contributed by atoms with E-state index in [2.05, 4.69) is 31.4 Å². The second kappa shape index (κ2) is 7.97. The predicted octanol–water partition coefficient (Wildman–Crippen LogP) is 3.03. The van der Waals surface area contributed by atoms with Gasteiger partial charge >= 0.3 is 6.09 Å². The zero-order valence-corrected chi connectivity index (χ0v) is 16.3. The largest absolute Gasteiger partial charge is 0.443 e. The van der Waals surface area contributed by atoms with Gasteiger partial charge < -0.3 is 14.8 Å². The minimum absolute atomic E-state index is 0.330. The number of nitrogens with two attached hydrogens (primary N) is 1. The maximum atomic E-state index is 11.7. The van der Waals surface area contributed by atoms with Crippen LogP contribution in [0.1, 0.15) is 40.0 Å². The lowest BCUT2D eigenvalue weighted by atomic mass is 9.70. The minimum atomic E-state index is -0.405. The number of ether oxygens (including phenoxy) is 2. The maximum Gasteiger partial charge on any atom is 0.411 e. The summed E-state index contributed by atoms with van der Waals surface area (Å²) in [5, 5.41) is 4.86. The number of carbonyl (C=O) groups excluding carboxylic acids is 1. The van der Waals surface area contributed by atoms with E-state index in [-0.39, 0.29) is 0 Å². The van der Waals surface area contributed by atoms with Gasteiger partial charge in [0.1, 0.15) is 13.2 Å². The molecule has 144 valence electrons. The first-order valence-corrected chi connectivity index (χ1v) is 9.85.